The van der Waals surface area contributed by atoms with Crippen LogP contribution in [0.1, 0.15) is 74.2 Å². The van der Waals surface area contributed by atoms with Crippen LogP contribution in [0.3, 0.4) is 0 Å². The number of rotatable bonds is 16. The second-order valence-corrected chi connectivity index (χ2v) is 11.8. The number of anilines is 1. The SMILES string of the molecule is C#CCCCCCCCCCCOc1nccc2c1cc1n2CCN(CCNc2nccc3ccc(-c4noc(C)n4)cc23)C1=O. The van der Waals surface area contributed by atoms with Gasteiger partial charge in [-0.25, -0.2) is 9.97 Å². The van der Waals surface area contributed by atoms with E-state index in [9.17, 15) is 4.79 Å². The molecule has 0 atom stereocenters. The van der Waals surface area contributed by atoms with Gasteiger partial charge in [-0.2, -0.15) is 4.98 Å². The lowest BCUT2D eigenvalue weighted by Gasteiger charge is -2.29. The minimum atomic E-state index is 0.00938. The van der Waals surface area contributed by atoms with Crippen LogP contribution in [-0.4, -0.2) is 61.7 Å². The lowest BCUT2D eigenvalue weighted by Crippen LogP contribution is -2.42. The molecule has 5 aromatic rings. The third-order valence-electron chi connectivity index (χ3n) is 8.57. The molecule has 4 aromatic heterocycles. The number of nitrogens with zero attached hydrogens (tertiary/aromatic N) is 6. The molecular formula is C36H41N7O3. The number of carbonyl (C=O) groups excluding carboxylic acids is 1. The molecule has 10 heteroatoms. The monoisotopic (exact) mass is 619 g/mol. The second kappa shape index (κ2) is 14.9. The molecule has 238 valence electrons. The molecular weight excluding hydrogens is 578 g/mol. The maximum atomic E-state index is 13.6. The van der Waals surface area contributed by atoms with Crippen LogP contribution in [0.5, 0.6) is 5.88 Å². The van der Waals surface area contributed by atoms with E-state index in [1.54, 1.807) is 19.3 Å². The highest BCUT2D eigenvalue weighted by atomic mass is 16.5. The van der Waals surface area contributed by atoms with Crippen molar-refractivity contribution >= 4 is 33.4 Å². The number of hydrogen-bond acceptors (Lipinski definition) is 8. The highest BCUT2D eigenvalue weighted by molar-refractivity contribution is 6.00. The van der Waals surface area contributed by atoms with Crippen molar-refractivity contribution in [2.75, 3.05) is 31.6 Å². The molecule has 0 spiro atoms. The number of ether oxygens (including phenoxy) is 1. The molecule has 0 saturated heterocycles. The smallest absolute Gasteiger partial charge is 0.270 e. The number of pyridine rings is 2. The normalized spacial score (nSPS) is 12.9. The number of fused-ring (bicyclic) bond motifs is 4. The van der Waals surface area contributed by atoms with Gasteiger partial charge in [0.2, 0.25) is 17.6 Å². The zero-order chi connectivity index (χ0) is 31.7. The summed E-state index contributed by atoms with van der Waals surface area (Å²) in [5, 5.41) is 10.4. The Hall–Kier alpha value is -4.91. The first kappa shape index (κ1) is 31.1. The number of unbranched alkanes of at least 4 members (excludes halogenated alkanes) is 8. The van der Waals surface area contributed by atoms with E-state index in [4.69, 9.17) is 15.7 Å². The van der Waals surface area contributed by atoms with Gasteiger partial charge < -0.3 is 24.0 Å². The van der Waals surface area contributed by atoms with Gasteiger partial charge in [-0.15, -0.1) is 12.3 Å². The van der Waals surface area contributed by atoms with E-state index in [1.165, 1.54) is 32.1 Å². The van der Waals surface area contributed by atoms with Crippen molar-refractivity contribution in [3.8, 4) is 29.6 Å². The molecule has 1 amide bonds. The Morgan fingerprint density at radius 3 is 2.57 bits per heavy atom. The highest BCUT2D eigenvalue weighted by Crippen LogP contribution is 2.30. The van der Waals surface area contributed by atoms with Gasteiger partial charge in [0.25, 0.3) is 5.91 Å². The third kappa shape index (κ3) is 7.15. The van der Waals surface area contributed by atoms with Crippen molar-refractivity contribution < 1.29 is 14.1 Å². The largest absolute Gasteiger partial charge is 0.477 e. The van der Waals surface area contributed by atoms with Crippen molar-refractivity contribution in [2.45, 2.75) is 71.3 Å². The molecule has 10 nitrogen and oxygen atoms in total. The van der Waals surface area contributed by atoms with Crippen LogP contribution >= 0.6 is 0 Å². The Kier molecular flexibility index (Phi) is 10.1. The van der Waals surface area contributed by atoms with Crippen molar-refractivity contribution in [1.29, 1.82) is 0 Å². The van der Waals surface area contributed by atoms with E-state index in [-0.39, 0.29) is 5.91 Å². The molecule has 1 aliphatic rings. The van der Waals surface area contributed by atoms with Crippen molar-refractivity contribution in [3.05, 3.63) is 60.4 Å². The lowest BCUT2D eigenvalue weighted by molar-refractivity contribution is 0.0714. The van der Waals surface area contributed by atoms with Gasteiger partial charge >= 0.3 is 0 Å². The van der Waals surface area contributed by atoms with Crippen molar-refractivity contribution in [1.82, 2.24) is 29.6 Å². The lowest BCUT2D eigenvalue weighted by atomic mass is 10.1. The molecule has 6 rings (SSSR count). The molecule has 0 aliphatic carbocycles. The van der Waals surface area contributed by atoms with Crippen molar-refractivity contribution in [3.63, 3.8) is 0 Å². The van der Waals surface area contributed by atoms with Gasteiger partial charge in [-0.3, -0.25) is 4.79 Å². The molecule has 1 aromatic carbocycles. The van der Waals surface area contributed by atoms with Crippen LogP contribution in [0, 0.1) is 19.3 Å². The van der Waals surface area contributed by atoms with Gasteiger partial charge in [0.05, 0.1) is 17.5 Å². The Labute approximate surface area is 269 Å². The number of terminal acetylenes is 1. The number of aromatic nitrogens is 5. The Morgan fingerprint density at radius 2 is 1.76 bits per heavy atom. The highest BCUT2D eigenvalue weighted by Gasteiger charge is 2.27. The van der Waals surface area contributed by atoms with Crippen LogP contribution < -0.4 is 10.1 Å². The first-order chi connectivity index (χ1) is 22.6. The van der Waals surface area contributed by atoms with Gasteiger partial charge in [-0.05, 0) is 42.5 Å². The molecule has 0 fully saturated rings. The summed E-state index contributed by atoms with van der Waals surface area (Å²) in [6, 6.07) is 11.9. The second-order valence-electron chi connectivity index (χ2n) is 11.8. The minimum Gasteiger partial charge on any atom is -0.477 e. The summed E-state index contributed by atoms with van der Waals surface area (Å²) in [6.07, 6.45) is 19.3. The van der Waals surface area contributed by atoms with Crippen LogP contribution in [-0.2, 0) is 6.54 Å². The topological polar surface area (TPSA) is 111 Å². The van der Waals surface area contributed by atoms with Crippen LogP contribution in [0.25, 0.3) is 33.1 Å². The Morgan fingerprint density at radius 1 is 0.957 bits per heavy atom. The number of amides is 1. The summed E-state index contributed by atoms with van der Waals surface area (Å²) in [5.41, 5.74) is 2.52. The predicted molar refractivity (Wildman–Crippen MR) is 180 cm³/mol. The fourth-order valence-corrected chi connectivity index (χ4v) is 6.12. The van der Waals surface area contributed by atoms with E-state index < -0.39 is 0 Å². The summed E-state index contributed by atoms with van der Waals surface area (Å²) in [4.78, 5) is 28.9. The van der Waals surface area contributed by atoms with Crippen LogP contribution in [0.15, 0.2) is 53.3 Å². The summed E-state index contributed by atoms with van der Waals surface area (Å²) >= 11 is 0. The number of benzene rings is 1. The van der Waals surface area contributed by atoms with Gasteiger partial charge in [0, 0.05) is 62.9 Å². The van der Waals surface area contributed by atoms with E-state index >= 15 is 0 Å². The number of nitrogens with one attached hydrogen (secondary N) is 1. The number of hydrogen-bond donors (Lipinski definition) is 1. The molecule has 1 N–H and O–H groups in total. The summed E-state index contributed by atoms with van der Waals surface area (Å²) in [5.74, 6) is 5.14. The van der Waals surface area contributed by atoms with Crippen LogP contribution in [0.2, 0.25) is 0 Å². The van der Waals surface area contributed by atoms with E-state index in [2.05, 4.69) is 35.9 Å². The average molecular weight is 620 g/mol. The first-order valence-corrected chi connectivity index (χ1v) is 16.4. The maximum Gasteiger partial charge on any atom is 0.270 e. The standard InChI is InChI=1S/C36H41N7O3/c1-3-4-5-6-7-8-9-10-11-12-23-45-35-30-25-32-36(44)42(21-22-43(32)31(30)16-18-39-35)20-19-38-34-29-24-28(33-40-26(2)46-41-33)14-13-27(29)15-17-37-34/h1,13-18,24-25H,4-12,19-23H2,2H3,(H,37,38). The molecule has 0 bridgehead atoms. The summed E-state index contributed by atoms with van der Waals surface area (Å²) in [6.45, 7) is 4.85. The van der Waals surface area contributed by atoms with Gasteiger partial charge in [-0.1, -0.05) is 55.8 Å². The fraction of sp³-hybridized carbons (Fsp3) is 0.417. The maximum absolute atomic E-state index is 13.6. The molecule has 0 saturated carbocycles. The van der Waals surface area contributed by atoms with E-state index in [0.717, 1.165) is 65.3 Å². The molecule has 0 unspecified atom stereocenters. The molecule has 46 heavy (non-hydrogen) atoms. The molecule has 5 heterocycles. The van der Waals surface area contributed by atoms with E-state index in [1.807, 2.05) is 41.3 Å². The molecule has 1 aliphatic heterocycles. The van der Waals surface area contributed by atoms with E-state index in [0.29, 0.717) is 49.5 Å². The Balaban J connectivity index is 1.02. The number of carbonyl (C=O) groups is 1. The predicted octanol–water partition coefficient (Wildman–Crippen LogP) is 7.03. The fourth-order valence-electron chi connectivity index (χ4n) is 6.12. The average Bonchev–Trinajstić information content (AvgIpc) is 3.69. The first-order valence-electron chi connectivity index (χ1n) is 16.4. The van der Waals surface area contributed by atoms with Crippen molar-refractivity contribution in [2.24, 2.45) is 0 Å². The third-order valence-corrected chi connectivity index (χ3v) is 8.57. The quantitative estimate of drug-likeness (QED) is 0.0926. The number of aryl methyl sites for hydroxylation is 1. The Bertz CT molecular complexity index is 1840. The van der Waals surface area contributed by atoms with Gasteiger partial charge in [0.15, 0.2) is 0 Å². The summed E-state index contributed by atoms with van der Waals surface area (Å²) in [7, 11) is 0. The summed E-state index contributed by atoms with van der Waals surface area (Å²) < 4.78 is 13.4. The van der Waals surface area contributed by atoms with Crippen LogP contribution in [0.4, 0.5) is 5.82 Å². The zero-order valence-corrected chi connectivity index (χ0v) is 26.5. The molecule has 0 radical (unpaired) electrons. The zero-order valence-electron chi connectivity index (χ0n) is 26.5. The van der Waals surface area contributed by atoms with Gasteiger partial charge in [0.1, 0.15) is 11.5 Å². The minimum absolute atomic E-state index is 0.00938.